The summed E-state index contributed by atoms with van der Waals surface area (Å²) in [5.41, 5.74) is 0.449. The van der Waals surface area contributed by atoms with Crippen molar-refractivity contribution in [1.82, 2.24) is 5.32 Å². The number of fused-ring (bicyclic) bond motifs is 1. The second-order valence-corrected chi connectivity index (χ2v) is 6.84. The molecule has 0 saturated carbocycles. The van der Waals surface area contributed by atoms with E-state index in [0.29, 0.717) is 15.6 Å². The molecule has 136 valence electrons. The van der Waals surface area contributed by atoms with Gasteiger partial charge in [-0.1, -0.05) is 19.4 Å². The Hall–Kier alpha value is -1.99. The van der Waals surface area contributed by atoms with Crippen LogP contribution in [0, 0.1) is 5.82 Å². The van der Waals surface area contributed by atoms with Crippen molar-refractivity contribution < 1.29 is 23.5 Å². The van der Waals surface area contributed by atoms with E-state index in [1.165, 1.54) is 13.2 Å². The number of hydrogen-bond donors (Lipinski definition) is 1. The molecule has 2 rings (SSSR count). The zero-order valence-electron chi connectivity index (χ0n) is 14.6. The zero-order valence-corrected chi connectivity index (χ0v) is 15.4. The molecule has 0 aliphatic carbocycles. The van der Waals surface area contributed by atoms with Gasteiger partial charge in [0, 0.05) is 28.8 Å². The highest BCUT2D eigenvalue weighted by Crippen LogP contribution is 2.34. The summed E-state index contributed by atoms with van der Waals surface area (Å²) < 4.78 is 25.0. The molecule has 2 aromatic rings. The fraction of sp³-hybridized carbons (Fsp3) is 0.444. The highest BCUT2D eigenvalue weighted by molar-refractivity contribution is 7.21. The maximum Gasteiger partial charge on any atom is 0.349 e. The van der Waals surface area contributed by atoms with Gasteiger partial charge in [0.15, 0.2) is 6.61 Å². The van der Waals surface area contributed by atoms with E-state index < -0.39 is 11.8 Å². The lowest BCUT2D eigenvalue weighted by molar-refractivity contribution is -0.124. The number of thiophene rings is 1. The summed E-state index contributed by atoms with van der Waals surface area (Å²) in [6.07, 6.45) is 1.81. The third-order valence-corrected chi connectivity index (χ3v) is 4.88. The number of benzene rings is 1. The molecule has 0 saturated heterocycles. The highest BCUT2D eigenvalue weighted by Gasteiger charge is 2.22. The number of carbonyl (C=O) groups excluding carboxylic acids is 2. The van der Waals surface area contributed by atoms with Crippen molar-refractivity contribution in [2.45, 2.75) is 39.3 Å². The minimum Gasteiger partial charge on any atom is -0.451 e. The molecule has 0 bridgehead atoms. The summed E-state index contributed by atoms with van der Waals surface area (Å²) in [5.74, 6) is -1.41. The quantitative estimate of drug-likeness (QED) is 0.724. The van der Waals surface area contributed by atoms with Gasteiger partial charge < -0.3 is 14.8 Å². The molecule has 0 spiro atoms. The fourth-order valence-electron chi connectivity index (χ4n) is 2.63. The Balaban J connectivity index is 2.12. The molecular weight excluding hydrogens is 345 g/mol. The highest BCUT2D eigenvalue weighted by atomic mass is 32.1. The fourth-order valence-corrected chi connectivity index (χ4v) is 3.75. The van der Waals surface area contributed by atoms with Gasteiger partial charge in [0.25, 0.3) is 5.91 Å². The van der Waals surface area contributed by atoms with Gasteiger partial charge in [-0.25, -0.2) is 9.18 Å². The van der Waals surface area contributed by atoms with Gasteiger partial charge in [-0.3, -0.25) is 4.79 Å². The Morgan fingerprint density at radius 2 is 2.12 bits per heavy atom. The van der Waals surface area contributed by atoms with E-state index in [4.69, 9.17) is 9.47 Å². The normalized spacial score (nSPS) is 12.2. The Morgan fingerprint density at radius 1 is 1.36 bits per heavy atom. The minimum atomic E-state index is -0.647. The summed E-state index contributed by atoms with van der Waals surface area (Å²) in [6, 6.07) is 4.69. The predicted molar refractivity (Wildman–Crippen MR) is 95.3 cm³/mol. The van der Waals surface area contributed by atoms with Crippen LogP contribution in [0.4, 0.5) is 4.39 Å². The lowest BCUT2D eigenvalue weighted by Gasteiger charge is -2.12. The van der Waals surface area contributed by atoms with Crippen LogP contribution in [0.5, 0.6) is 0 Å². The number of halogens is 1. The van der Waals surface area contributed by atoms with Crippen molar-refractivity contribution >= 4 is 33.3 Å². The molecule has 7 heteroatoms. The van der Waals surface area contributed by atoms with Gasteiger partial charge in [0.2, 0.25) is 0 Å². The smallest absolute Gasteiger partial charge is 0.349 e. The van der Waals surface area contributed by atoms with Crippen LogP contribution in [-0.4, -0.2) is 31.6 Å². The van der Waals surface area contributed by atoms with Crippen LogP contribution in [0.1, 0.15) is 41.9 Å². The largest absolute Gasteiger partial charge is 0.451 e. The number of nitrogens with one attached hydrogen (secondary N) is 1. The molecule has 25 heavy (non-hydrogen) atoms. The van der Waals surface area contributed by atoms with Gasteiger partial charge in [-0.05, 0) is 25.5 Å². The first-order valence-corrected chi connectivity index (χ1v) is 8.94. The summed E-state index contributed by atoms with van der Waals surface area (Å²) in [5, 5.41) is 3.13. The molecule has 0 aliphatic heterocycles. The summed E-state index contributed by atoms with van der Waals surface area (Å²) >= 11 is 1.13. The Kier molecular flexibility index (Phi) is 6.90. The van der Waals surface area contributed by atoms with Gasteiger partial charge in [0.05, 0.1) is 6.61 Å². The van der Waals surface area contributed by atoms with Gasteiger partial charge in [-0.15, -0.1) is 11.3 Å². The molecule has 1 aromatic carbocycles. The van der Waals surface area contributed by atoms with Crippen LogP contribution < -0.4 is 5.32 Å². The van der Waals surface area contributed by atoms with Crippen LogP contribution in [-0.2, 0) is 20.9 Å². The van der Waals surface area contributed by atoms with Gasteiger partial charge >= 0.3 is 5.97 Å². The molecule has 1 amide bonds. The van der Waals surface area contributed by atoms with Gasteiger partial charge in [0.1, 0.15) is 10.7 Å². The molecule has 5 nitrogen and oxygen atoms in total. The molecule has 0 unspecified atom stereocenters. The number of rotatable bonds is 8. The van der Waals surface area contributed by atoms with Crippen molar-refractivity contribution in [3.8, 4) is 0 Å². The number of esters is 1. The van der Waals surface area contributed by atoms with E-state index in [9.17, 15) is 14.0 Å². The predicted octanol–water partition coefficient (Wildman–Crippen LogP) is 3.65. The van der Waals surface area contributed by atoms with Crippen molar-refractivity contribution in [3.05, 3.63) is 34.5 Å². The summed E-state index contributed by atoms with van der Waals surface area (Å²) in [4.78, 5) is 24.5. The molecule has 0 radical (unpaired) electrons. The average Bonchev–Trinajstić information content (AvgIpc) is 2.93. The monoisotopic (exact) mass is 367 g/mol. The number of carbonyl (C=O) groups is 2. The van der Waals surface area contributed by atoms with Crippen molar-refractivity contribution in [2.75, 3.05) is 13.7 Å². The van der Waals surface area contributed by atoms with E-state index in [1.807, 2.05) is 13.8 Å². The van der Waals surface area contributed by atoms with E-state index in [2.05, 4.69) is 5.32 Å². The topological polar surface area (TPSA) is 64.6 Å². The average molecular weight is 367 g/mol. The van der Waals surface area contributed by atoms with E-state index in [0.717, 1.165) is 24.2 Å². The first-order chi connectivity index (χ1) is 12.0. The lowest BCUT2D eigenvalue weighted by Crippen LogP contribution is -2.35. The molecular formula is C18H22FNO4S. The molecule has 1 aromatic heterocycles. The standard InChI is InChI=1S/C18H22FNO4S/c1-4-6-11(2)20-15(21)10-24-18(22)17-12(9-23-3)16-13(19)7-5-8-14(16)25-17/h5,7-8,11H,4,6,9-10H2,1-3H3,(H,20,21)/t11-/m0/s1. The SMILES string of the molecule is CCC[C@H](C)NC(=O)COC(=O)c1sc2cccc(F)c2c1COC. The molecule has 1 heterocycles. The first kappa shape index (κ1) is 19.3. The Bertz CT molecular complexity index is 759. The van der Waals surface area contributed by atoms with E-state index in [-0.39, 0.29) is 30.0 Å². The molecule has 0 fully saturated rings. The minimum absolute atomic E-state index is 0.0266. The van der Waals surface area contributed by atoms with Crippen LogP contribution in [0.3, 0.4) is 0 Å². The number of hydrogen-bond acceptors (Lipinski definition) is 5. The van der Waals surface area contributed by atoms with Crippen LogP contribution >= 0.6 is 11.3 Å². The molecule has 1 N–H and O–H groups in total. The van der Waals surface area contributed by atoms with Crippen LogP contribution in [0.15, 0.2) is 18.2 Å². The second-order valence-electron chi connectivity index (χ2n) is 5.79. The Morgan fingerprint density at radius 3 is 2.80 bits per heavy atom. The first-order valence-electron chi connectivity index (χ1n) is 8.13. The van der Waals surface area contributed by atoms with E-state index >= 15 is 0 Å². The molecule has 0 aliphatic rings. The number of methoxy groups -OCH3 is 1. The van der Waals surface area contributed by atoms with Crippen molar-refractivity contribution in [2.24, 2.45) is 0 Å². The maximum atomic E-state index is 14.1. The van der Waals surface area contributed by atoms with Crippen molar-refractivity contribution in [3.63, 3.8) is 0 Å². The van der Waals surface area contributed by atoms with Crippen LogP contribution in [0.2, 0.25) is 0 Å². The zero-order chi connectivity index (χ0) is 18.4. The van der Waals surface area contributed by atoms with Gasteiger partial charge in [-0.2, -0.15) is 0 Å². The molecule has 1 atom stereocenters. The maximum absolute atomic E-state index is 14.1. The Labute approximate surface area is 150 Å². The van der Waals surface area contributed by atoms with Crippen molar-refractivity contribution in [1.29, 1.82) is 0 Å². The second kappa shape index (κ2) is 8.92. The number of ether oxygens (including phenoxy) is 2. The van der Waals surface area contributed by atoms with E-state index in [1.54, 1.807) is 12.1 Å². The summed E-state index contributed by atoms with van der Waals surface area (Å²) in [7, 11) is 1.47. The number of amides is 1. The lowest BCUT2D eigenvalue weighted by atomic mass is 10.1. The summed E-state index contributed by atoms with van der Waals surface area (Å²) in [6.45, 7) is 3.65. The van der Waals surface area contributed by atoms with Crippen LogP contribution in [0.25, 0.3) is 10.1 Å². The third kappa shape index (κ3) is 4.76. The third-order valence-electron chi connectivity index (χ3n) is 3.70.